The number of hydrogen-bond acceptors (Lipinski definition) is 3. The minimum atomic E-state index is -0.381. The fourth-order valence-electron chi connectivity index (χ4n) is 1.57. The SMILES string of the molecule is CC(C)N(CCO)c1cc(Br)c(F)cc1N. The fraction of sp³-hybridized carbons (Fsp3) is 0.455. The van der Waals surface area contributed by atoms with E-state index < -0.39 is 0 Å². The first-order valence-corrected chi connectivity index (χ1v) is 5.88. The van der Waals surface area contributed by atoms with Gasteiger partial charge in [-0.05, 0) is 35.8 Å². The van der Waals surface area contributed by atoms with E-state index in [-0.39, 0.29) is 18.5 Å². The highest BCUT2D eigenvalue weighted by Crippen LogP contribution is 2.30. The van der Waals surface area contributed by atoms with Gasteiger partial charge < -0.3 is 15.7 Å². The Hall–Kier alpha value is -0.810. The summed E-state index contributed by atoms with van der Waals surface area (Å²) in [4.78, 5) is 1.93. The van der Waals surface area contributed by atoms with Gasteiger partial charge in [-0.15, -0.1) is 0 Å². The van der Waals surface area contributed by atoms with Crippen LogP contribution in [0.2, 0.25) is 0 Å². The average molecular weight is 291 g/mol. The zero-order valence-electron chi connectivity index (χ0n) is 9.37. The van der Waals surface area contributed by atoms with Crippen molar-refractivity contribution in [1.82, 2.24) is 0 Å². The van der Waals surface area contributed by atoms with Crippen LogP contribution < -0.4 is 10.6 Å². The maximum absolute atomic E-state index is 13.2. The van der Waals surface area contributed by atoms with Crippen molar-refractivity contribution in [1.29, 1.82) is 0 Å². The van der Waals surface area contributed by atoms with Crippen LogP contribution in [-0.2, 0) is 0 Å². The molecule has 5 heteroatoms. The maximum Gasteiger partial charge on any atom is 0.139 e. The highest BCUT2D eigenvalue weighted by Gasteiger charge is 2.15. The van der Waals surface area contributed by atoms with Gasteiger partial charge in [0.2, 0.25) is 0 Å². The number of aliphatic hydroxyl groups is 1. The summed E-state index contributed by atoms with van der Waals surface area (Å²) in [7, 11) is 0. The lowest BCUT2D eigenvalue weighted by Crippen LogP contribution is -2.34. The quantitative estimate of drug-likeness (QED) is 0.837. The van der Waals surface area contributed by atoms with Crippen molar-refractivity contribution in [3.8, 4) is 0 Å². The minimum Gasteiger partial charge on any atom is -0.397 e. The molecule has 0 atom stereocenters. The molecule has 90 valence electrons. The zero-order valence-corrected chi connectivity index (χ0v) is 11.0. The topological polar surface area (TPSA) is 49.5 Å². The molecule has 0 heterocycles. The molecule has 0 unspecified atom stereocenters. The third-order valence-electron chi connectivity index (χ3n) is 2.34. The molecule has 3 N–H and O–H groups in total. The molecule has 0 aromatic heterocycles. The van der Waals surface area contributed by atoms with Gasteiger partial charge >= 0.3 is 0 Å². The average Bonchev–Trinajstić information content (AvgIpc) is 2.20. The number of anilines is 2. The van der Waals surface area contributed by atoms with E-state index in [0.717, 1.165) is 5.69 Å². The first kappa shape index (κ1) is 13.3. The zero-order chi connectivity index (χ0) is 12.3. The molecular weight excluding hydrogens is 275 g/mol. The first-order valence-electron chi connectivity index (χ1n) is 5.09. The molecule has 1 aromatic rings. The second-order valence-corrected chi connectivity index (χ2v) is 4.69. The van der Waals surface area contributed by atoms with E-state index in [2.05, 4.69) is 15.9 Å². The van der Waals surface area contributed by atoms with Gasteiger partial charge in [-0.2, -0.15) is 0 Å². The Morgan fingerprint density at radius 1 is 1.50 bits per heavy atom. The minimum absolute atomic E-state index is 0.0343. The van der Waals surface area contributed by atoms with Crippen molar-refractivity contribution in [2.75, 3.05) is 23.8 Å². The smallest absolute Gasteiger partial charge is 0.139 e. The molecule has 16 heavy (non-hydrogen) atoms. The Balaban J connectivity index is 3.13. The highest BCUT2D eigenvalue weighted by atomic mass is 79.9. The molecule has 0 saturated heterocycles. The number of aliphatic hydroxyl groups excluding tert-OH is 1. The molecule has 0 radical (unpaired) electrons. The van der Waals surface area contributed by atoms with Gasteiger partial charge in [0.05, 0.1) is 22.5 Å². The Bertz CT molecular complexity index is 371. The standard InChI is InChI=1S/C11H16BrFN2O/c1-7(2)15(3-4-16)11-5-8(12)9(13)6-10(11)14/h5-7,16H,3-4,14H2,1-2H3. The van der Waals surface area contributed by atoms with E-state index in [0.29, 0.717) is 16.7 Å². The lowest BCUT2D eigenvalue weighted by molar-refractivity contribution is 0.299. The van der Waals surface area contributed by atoms with Crippen LogP contribution in [0.1, 0.15) is 13.8 Å². The summed E-state index contributed by atoms with van der Waals surface area (Å²) in [5.74, 6) is -0.381. The van der Waals surface area contributed by atoms with E-state index in [1.54, 1.807) is 6.07 Å². The predicted molar refractivity (Wildman–Crippen MR) is 68.1 cm³/mol. The lowest BCUT2D eigenvalue weighted by atomic mass is 10.2. The monoisotopic (exact) mass is 290 g/mol. The Morgan fingerprint density at radius 2 is 2.12 bits per heavy atom. The third kappa shape index (κ3) is 2.86. The molecule has 0 saturated carbocycles. The number of benzene rings is 1. The molecule has 0 bridgehead atoms. The molecule has 1 rings (SSSR count). The number of hydrogen-bond donors (Lipinski definition) is 2. The Labute approximate surface area is 103 Å². The fourth-order valence-corrected chi connectivity index (χ4v) is 1.90. The number of nitrogens with two attached hydrogens (primary N) is 1. The van der Waals surface area contributed by atoms with E-state index in [4.69, 9.17) is 10.8 Å². The summed E-state index contributed by atoms with van der Waals surface area (Å²) in [5.41, 5.74) is 6.89. The number of nitrogen functional groups attached to an aromatic ring is 1. The van der Waals surface area contributed by atoms with Crippen molar-refractivity contribution in [2.45, 2.75) is 19.9 Å². The highest BCUT2D eigenvalue weighted by molar-refractivity contribution is 9.10. The van der Waals surface area contributed by atoms with Crippen LogP contribution in [0.3, 0.4) is 0 Å². The van der Waals surface area contributed by atoms with E-state index in [1.165, 1.54) is 6.07 Å². The Kier molecular flexibility index (Phi) is 4.56. The largest absolute Gasteiger partial charge is 0.397 e. The van der Waals surface area contributed by atoms with Gasteiger partial charge in [-0.25, -0.2) is 4.39 Å². The van der Waals surface area contributed by atoms with Crippen molar-refractivity contribution >= 4 is 27.3 Å². The van der Waals surface area contributed by atoms with E-state index in [9.17, 15) is 4.39 Å². The van der Waals surface area contributed by atoms with Crippen molar-refractivity contribution in [2.24, 2.45) is 0 Å². The van der Waals surface area contributed by atoms with Crippen molar-refractivity contribution < 1.29 is 9.50 Å². The molecule has 0 fully saturated rings. The third-order valence-corrected chi connectivity index (χ3v) is 2.95. The van der Waals surface area contributed by atoms with Gasteiger partial charge in [0, 0.05) is 18.7 Å². The summed E-state index contributed by atoms with van der Waals surface area (Å²) in [6.45, 7) is 4.49. The van der Waals surface area contributed by atoms with Crippen LogP contribution in [0.15, 0.2) is 16.6 Å². The van der Waals surface area contributed by atoms with E-state index >= 15 is 0 Å². The van der Waals surface area contributed by atoms with Crippen LogP contribution in [0.4, 0.5) is 15.8 Å². The summed E-state index contributed by atoms with van der Waals surface area (Å²) in [5, 5.41) is 8.99. The summed E-state index contributed by atoms with van der Waals surface area (Å²) < 4.78 is 13.6. The van der Waals surface area contributed by atoms with Gasteiger partial charge in [0.15, 0.2) is 0 Å². The number of nitrogens with zero attached hydrogens (tertiary/aromatic N) is 1. The van der Waals surface area contributed by atoms with Crippen molar-refractivity contribution in [3.63, 3.8) is 0 Å². The number of rotatable bonds is 4. The second-order valence-electron chi connectivity index (χ2n) is 3.84. The second kappa shape index (κ2) is 5.50. The summed E-state index contributed by atoms with van der Waals surface area (Å²) in [6, 6.07) is 3.11. The first-order chi connectivity index (χ1) is 7.47. The summed E-state index contributed by atoms with van der Waals surface area (Å²) >= 11 is 3.13. The predicted octanol–water partition coefficient (Wildman–Crippen LogP) is 2.38. The molecule has 1 aromatic carbocycles. The van der Waals surface area contributed by atoms with Gasteiger partial charge in [-0.1, -0.05) is 0 Å². The van der Waals surface area contributed by atoms with Gasteiger partial charge in [-0.3, -0.25) is 0 Å². The van der Waals surface area contributed by atoms with Crippen LogP contribution in [-0.4, -0.2) is 24.3 Å². The van der Waals surface area contributed by atoms with Crippen LogP contribution in [0.25, 0.3) is 0 Å². The molecule has 0 aliphatic carbocycles. The van der Waals surface area contributed by atoms with Crippen LogP contribution in [0.5, 0.6) is 0 Å². The number of halogens is 2. The van der Waals surface area contributed by atoms with Crippen LogP contribution >= 0.6 is 15.9 Å². The lowest BCUT2D eigenvalue weighted by Gasteiger charge is -2.29. The van der Waals surface area contributed by atoms with Gasteiger partial charge in [0.25, 0.3) is 0 Å². The van der Waals surface area contributed by atoms with Crippen LogP contribution in [0, 0.1) is 5.82 Å². The molecule has 0 amide bonds. The molecular formula is C11H16BrFN2O. The molecule has 0 aliphatic rings. The molecule has 3 nitrogen and oxygen atoms in total. The van der Waals surface area contributed by atoms with Gasteiger partial charge in [0.1, 0.15) is 5.82 Å². The maximum atomic E-state index is 13.2. The summed E-state index contributed by atoms with van der Waals surface area (Å²) in [6.07, 6.45) is 0. The Morgan fingerprint density at radius 3 is 2.62 bits per heavy atom. The van der Waals surface area contributed by atoms with Crippen molar-refractivity contribution in [3.05, 3.63) is 22.4 Å². The normalized spacial score (nSPS) is 10.9. The molecule has 0 spiro atoms. The van der Waals surface area contributed by atoms with E-state index in [1.807, 2.05) is 18.7 Å². The molecule has 0 aliphatic heterocycles.